The number of carbonyl (C=O) groups excluding carboxylic acids is 1. The molecule has 11 heteroatoms. The van der Waals surface area contributed by atoms with Gasteiger partial charge < -0.3 is 24.3 Å². The largest absolute Gasteiger partial charge is 0.493 e. The van der Waals surface area contributed by atoms with Gasteiger partial charge in [-0.05, 0) is 61.0 Å². The number of methoxy groups -OCH3 is 2. The molecule has 4 rings (SSSR count). The minimum Gasteiger partial charge on any atom is -0.493 e. The van der Waals surface area contributed by atoms with Crippen LogP contribution in [-0.2, 0) is 14.8 Å². The number of halogens is 1. The van der Waals surface area contributed by atoms with E-state index in [0.717, 1.165) is 22.0 Å². The van der Waals surface area contributed by atoms with Crippen molar-refractivity contribution in [3.05, 3.63) is 72.0 Å². The van der Waals surface area contributed by atoms with Crippen LogP contribution >= 0.6 is 0 Å². The topological polar surface area (TPSA) is 103 Å². The molecular formula is C26H27FN2O7S. The number of rotatable bonds is 9. The van der Waals surface area contributed by atoms with Crippen LogP contribution in [0, 0.1) is 5.82 Å². The van der Waals surface area contributed by atoms with E-state index < -0.39 is 34.3 Å². The van der Waals surface area contributed by atoms with Crippen molar-refractivity contribution >= 4 is 21.6 Å². The normalized spacial score (nSPS) is 13.4. The predicted molar refractivity (Wildman–Crippen MR) is 134 cm³/mol. The Labute approximate surface area is 214 Å². The van der Waals surface area contributed by atoms with E-state index in [1.54, 1.807) is 25.1 Å². The summed E-state index contributed by atoms with van der Waals surface area (Å²) < 4.78 is 63.4. The molecule has 0 spiro atoms. The van der Waals surface area contributed by atoms with Crippen molar-refractivity contribution in [2.75, 3.05) is 38.3 Å². The van der Waals surface area contributed by atoms with E-state index >= 15 is 0 Å². The average molecular weight is 531 g/mol. The number of nitrogens with zero attached hydrogens (tertiary/aromatic N) is 1. The monoisotopic (exact) mass is 530 g/mol. The van der Waals surface area contributed by atoms with Crippen molar-refractivity contribution < 1.29 is 36.6 Å². The van der Waals surface area contributed by atoms with Gasteiger partial charge in [-0.1, -0.05) is 6.07 Å². The van der Waals surface area contributed by atoms with Crippen molar-refractivity contribution in [1.29, 1.82) is 0 Å². The fourth-order valence-corrected chi connectivity index (χ4v) is 5.29. The van der Waals surface area contributed by atoms with Gasteiger partial charge in [0.1, 0.15) is 25.6 Å². The summed E-state index contributed by atoms with van der Waals surface area (Å²) in [5, 5.41) is 2.82. The smallest absolute Gasteiger partial charge is 0.264 e. The summed E-state index contributed by atoms with van der Waals surface area (Å²) >= 11 is 0. The molecule has 1 aliphatic rings. The molecule has 3 aromatic rings. The molecule has 1 aliphatic heterocycles. The van der Waals surface area contributed by atoms with E-state index in [1.165, 1.54) is 44.6 Å². The molecule has 37 heavy (non-hydrogen) atoms. The second-order valence-corrected chi connectivity index (χ2v) is 10.1. The van der Waals surface area contributed by atoms with Crippen molar-refractivity contribution in [1.82, 2.24) is 5.32 Å². The molecule has 3 aromatic carbocycles. The van der Waals surface area contributed by atoms with Gasteiger partial charge >= 0.3 is 0 Å². The van der Waals surface area contributed by atoms with Crippen molar-refractivity contribution in [2.24, 2.45) is 0 Å². The van der Waals surface area contributed by atoms with Crippen molar-refractivity contribution in [3.8, 4) is 23.0 Å². The number of anilines is 1. The Bertz CT molecular complexity index is 1380. The first kappa shape index (κ1) is 26.1. The molecule has 0 aliphatic carbocycles. The first-order valence-corrected chi connectivity index (χ1v) is 12.9. The average Bonchev–Trinajstić information content (AvgIpc) is 2.91. The van der Waals surface area contributed by atoms with E-state index in [1.807, 2.05) is 0 Å². The molecule has 0 aromatic heterocycles. The zero-order chi connectivity index (χ0) is 26.6. The van der Waals surface area contributed by atoms with Gasteiger partial charge in [-0.25, -0.2) is 12.8 Å². The first-order chi connectivity index (χ1) is 17.7. The lowest BCUT2D eigenvalue weighted by atomic mass is 10.1. The molecule has 196 valence electrons. The lowest BCUT2D eigenvalue weighted by Gasteiger charge is -2.26. The maximum atomic E-state index is 13.7. The molecule has 0 bridgehead atoms. The second kappa shape index (κ2) is 11.0. The highest BCUT2D eigenvalue weighted by Crippen LogP contribution is 2.34. The van der Waals surface area contributed by atoms with E-state index in [9.17, 15) is 17.6 Å². The zero-order valence-electron chi connectivity index (χ0n) is 20.6. The number of fused-ring (bicyclic) bond motifs is 1. The fourth-order valence-electron chi connectivity index (χ4n) is 3.86. The van der Waals surface area contributed by atoms with Gasteiger partial charge in [0.05, 0.1) is 30.8 Å². The fraction of sp³-hybridized carbons (Fsp3) is 0.269. The third kappa shape index (κ3) is 5.72. The van der Waals surface area contributed by atoms with Gasteiger partial charge in [0.15, 0.2) is 23.0 Å². The summed E-state index contributed by atoms with van der Waals surface area (Å²) in [6.45, 7) is 2.12. The Hall–Kier alpha value is -3.99. The molecule has 0 saturated carbocycles. The van der Waals surface area contributed by atoms with Gasteiger partial charge in [0, 0.05) is 6.07 Å². The van der Waals surface area contributed by atoms with E-state index in [4.69, 9.17) is 18.9 Å². The summed E-state index contributed by atoms with van der Waals surface area (Å²) in [5.41, 5.74) is 0.881. The van der Waals surface area contributed by atoms with Crippen LogP contribution in [0.25, 0.3) is 0 Å². The number of ether oxygens (including phenoxy) is 4. The van der Waals surface area contributed by atoms with E-state index in [-0.39, 0.29) is 16.3 Å². The first-order valence-electron chi connectivity index (χ1n) is 11.4. The maximum Gasteiger partial charge on any atom is 0.264 e. The summed E-state index contributed by atoms with van der Waals surface area (Å²) in [5.74, 6) is 0.658. The number of benzene rings is 3. The molecular weight excluding hydrogens is 503 g/mol. The maximum absolute atomic E-state index is 13.7. The van der Waals surface area contributed by atoms with Gasteiger partial charge in [0.2, 0.25) is 5.91 Å². The number of carbonyl (C=O) groups is 1. The van der Waals surface area contributed by atoms with E-state index in [2.05, 4.69) is 5.32 Å². The molecule has 1 unspecified atom stereocenters. The lowest BCUT2D eigenvalue weighted by Crippen LogP contribution is -2.41. The van der Waals surface area contributed by atoms with Crippen molar-refractivity contribution in [2.45, 2.75) is 17.9 Å². The predicted octanol–water partition coefficient (Wildman–Crippen LogP) is 3.69. The molecule has 1 amide bonds. The highest BCUT2D eigenvalue weighted by molar-refractivity contribution is 7.92. The Morgan fingerprint density at radius 3 is 2.32 bits per heavy atom. The van der Waals surface area contributed by atoms with Gasteiger partial charge in [-0.15, -0.1) is 0 Å². The number of hydrogen-bond donors (Lipinski definition) is 1. The molecule has 9 nitrogen and oxygen atoms in total. The van der Waals surface area contributed by atoms with Crippen LogP contribution in [-0.4, -0.2) is 48.3 Å². The molecule has 1 N–H and O–H groups in total. The quantitative estimate of drug-likeness (QED) is 0.450. The number of sulfonamides is 1. The summed E-state index contributed by atoms with van der Waals surface area (Å²) in [6.07, 6.45) is 0. The van der Waals surface area contributed by atoms with Gasteiger partial charge in [0.25, 0.3) is 10.0 Å². The van der Waals surface area contributed by atoms with Crippen LogP contribution in [0.5, 0.6) is 23.0 Å². The number of nitrogens with one attached hydrogen (secondary N) is 1. The highest BCUT2D eigenvalue weighted by Gasteiger charge is 2.29. The Kier molecular flexibility index (Phi) is 7.72. The van der Waals surface area contributed by atoms with Gasteiger partial charge in [-0.2, -0.15) is 0 Å². The molecule has 1 atom stereocenters. The minimum atomic E-state index is -4.25. The van der Waals surface area contributed by atoms with Crippen LogP contribution < -0.4 is 28.6 Å². The van der Waals surface area contributed by atoms with Crippen LogP contribution in [0.3, 0.4) is 0 Å². The summed E-state index contributed by atoms with van der Waals surface area (Å²) in [7, 11) is -1.43. The van der Waals surface area contributed by atoms with Crippen molar-refractivity contribution in [3.63, 3.8) is 0 Å². The highest BCUT2D eigenvalue weighted by atomic mass is 32.2. The summed E-state index contributed by atoms with van der Waals surface area (Å²) in [6, 6.07) is 13.8. The molecule has 1 heterocycles. The SMILES string of the molecule is COc1ccc(S(=O)(=O)N(CC(=O)NC(C)c2ccc3c(c2)OCCO3)c2ccc(F)cc2)cc1OC. The van der Waals surface area contributed by atoms with Crippen LogP contribution in [0.4, 0.5) is 10.1 Å². The number of amides is 1. The van der Waals surface area contributed by atoms with Crippen LogP contribution in [0.1, 0.15) is 18.5 Å². The minimum absolute atomic E-state index is 0.123. The third-order valence-electron chi connectivity index (χ3n) is 5.79. The Morgan fingerprint density at radius 2 is 1.65 bits per heavy atom. The molecule has 0 saturated heterocycles. The van der Waals surface area contributed by atoms with Crippen LogP contribution in [0.15, 0.2) is 65.6 Å². The third-order valence-corrected chi connectivity index (χ3v) is 7.56. The molecule has 0 radical (unpaired) electrons. The number of hydrogen-bond acceptors (Lipinski definition) is 7. The second-order valence-electron chi connectivity index (χ2n) is 8.20. The lowest BCUT2D eigenvalue weighted by molar-refractivity contribution is -0.120. The Balaban J connectivity index is 1.60. The van der Waals surface area contributed by atoms with Gasteiger partial charge in [-0.3, -0.25) is 9.10 Å². The van der Waals surface area contributed by atoms with Crippen LogP contribution in [0.2, 0.25) is 0 Å². The zero-order valence-corrected chi connectivity index (χ0v) is 21.4. The Morgan fingerprint density at radius 1 is 0.973 bits per heavy atom. The standard InChI is InChI=1S/C26H27FN2O7S/c1-17(18-4-10-23-25(14-18)36-13-12-35-23)28-26(30)16-29(20-7-5-19(27)6-8-20)37(31,32)21-9-11-22(33-2)24(15-21)34-3/h4-11,14-15,17H,12-13,16H2,1-3H3,(H,28,30). The molecule has 0 fully saturated rings. The summed E-state index contributed by atoms with van der Waals surface area (Å²) in [4.78, 5) is 13.0. The van der Waals surface area contributed by atoms with E-state index in [0.29, 0.717) is 30.5 Å².